The van der Waals surface area contributed by atoms with Crippen molar-refractivity contribution in [2.24, 2.45) is 17.6 Å². The van der Waals surface area contributed by atoms with Gasteiger partial charge in [0.2, 0.25) is 17.6 Å². The number of tetrazole rings is 1. The Kier molecular flexibility index (Phi) is 9.75. The molecule has 0 spiro atoms. The van der Waals surface area contributed by atoms with Crippen LogP contribution in [0, 0.1) is 18.8 Å². The van der Waals surface area contributed by atoms with Crippen molar-refractivity contribution in [1.82, 2.24) is 31.3 Å². The first-order valence-corrected chi connectivity index (χ1v) is 14.9. The number of aromatic amines is 1. The minimum Gasteiger partial charge on any atom is -0.355 e. The van der Waals surface area contributed by atoms with Crippen molar-refractivity contribution >= 4 is 23.4 Å². The number of aromatic nitrogens is 4. The summed E-state index contributed by atoms with van der Waals surface area (Å²) < 4.78 is 0. The Balaban J connectivity index is 1.31. The van der Waals surface area contributed by atoms with E-state index in [0.717, 1.165) is 53.5 Å². The van der Waals surface area contributed by atoms with Crippen LogP contribution in [0.15, 0.2) is 66.7 Å². The molecule has 1 unspecified atom stereocenters. The Morgan fingerprint density at radius 3 is 2.27 bits per heavy atom. The van der Waals surface area contributed by atoms with Gasteiger partial charge in [0.25, 0.3) is 5.91 Å². The number of carbonyl (C=O) groups is 3. The van der Waals surface area contributed by atoms with E-state index >= 15 is 0 Å². The summed E-state index contributed by atoms with van der Waals surface area (Å²) in [6, 6.07) is 19.9. The molecule has 3 aromatic carbocycles. The summed E-state index contributed by atoms with van der Waals surface area (Å²) in [6.07, 6.45) is 3.70. The minimum absolute atomic E-state index is 0.100. The molecule has 0 radical (unpaired) electrons. The molecule has 1 heterocycles. The van der Waals surface area contributed by atoms with Crippen molar-refractivity contribution in [1.29, 1.82) is 0 Å². The number of amides is 3. The van der Waals surface area contributed by atoms with Crippen LogP contribution >= 0.6 is 0 Å². The number of H-pyrrole nitrogens is 1. The summed E-state index contributed by atoms with van der Waals surface area (Å²) in [5, 5.41) is 22.6. The molecule has 228 valence electrons. The fraction of sp³-hybridized carbons (Fsp3) is 0.333. The standard InChI is InChI=1S/C33H38N8O3/c1-20-17-26(31(42)35-2)13-16-28(20)23-7-3-21(4-8-23)18-29(37-32(43)25-9-5-22(19-34)6-10-25)33(44)36-27-14-11-24(12-15-27)30-38-40-41-39-30/h3-4,7-8,11-17,22,25,29H,5-6,9-10,18-19,34H2,1-2H3,(H,35,42)(H,36,44)(H,37,43)(H,38,39,40,41). The molecule has 44 heavy (non-hydrogen) atoms. The van der Waals surface area contributed by atoms with Crippen molar-refractivity contribution in [3.05, 3.63) is 83.4 Å². The Hall–Kier alpha value is -4.90. The molecule has 1 aliphatic carbocycles. The first-order chi connectivity index (χ1) is 21.3. The third-order valence-electron chi connectivity index (χ3n) is 8.36. The van der Waals surface area contributed by atoms with Crippen LogP contribution in [0.5, 0.6) is 0 Å². The van der Waals surface area contributed by atoms with Gasteiger partial charge in [0.1, 0.15) is 6.04 Å². The van der Waals surface area contributed by atoms with Crippen molar-refractivity contribution in [2.45, 2.75) is 45.1 Å². The van der Waals surface area contributed by atoms with E-state index in [9.17, 15) is 14.4 Å². The van der Waals surface area contributed by atoms with Crippen molar-refractivity contribution in [3.63, 3.8) is 0 Å². The molecule has 1 atom stereocenters. The fourth-order valence-electron chi connectivity index (χ4n) is 5.70. The van der Waals surface area contributed by atoms with Crippen LogP contribution in [0.4, 0.5) is 5.69 Å². The summed E-state index contributed by atoms with van der Waals surface area (Å²) >= 11 is 0. The zero-order chi connectivity index (χ0) is 31.1. The molecule has 1 aromatic heterocycles. The number of aryl methyl sites for hydroxylation is 1. The molecule has 1 fully saturated rings. The van der Waals surface area contributed by atoms with E-state index in [1.54, 1.807) is 37.4 Å². The van der Waals surface area contributed by atoms with Gasteiger partial charge in [-0.2, -0.15) is 5.21 Å². The van der Waals surface area contributed by atoms with Crippen LogP contribution in [0.25, 0.3) is 22.5 Å². The molecule has 3 amide bonds. The molecular weight excluding hydrogens is 556 g/mol. The zero-order valence-corrected chi connectivity index (χ0v) is 25.0. The number of nitrogens with two attached hydrogens (primary N) is 1. The van der Waals surface area contributed by atoms with Gasteiger partial charge in [-0.25, -0.2) is 0 Å². The molecular formula is C33H38N8O3. The van der Waals surface area contributed by atoms with E-state index in [4.69, 9.17) is 5.73 Å². The Morgan fingerprint density at radius 2 is 1.66 bits per heavy atom. The van der Waals surface area contributed by atoms with Gasteiger partial charge in [0.15, 0.2) is 0 Å². The van der Waals surface area contributed by atoms with Crippen molar-refractivity contribution in [2.75, 3.05) is 18.9 Å². The maximum atomic E-state index is 13.6. The average Bonchev–Trinajstić information content (AvgIpc) is 3.60. The van der Waals surface area contributed by atoms with E-state index in [0.29, 0.717) is 36.0 Å². The number of rotatable bonds is 10. The quantitative estimate of drug-likeness (QED) is 0.187. The second-order valence-corrected chi connectivity index (χ2v) is 11.3. The third kappa shape index (κ3) is 7.35. The van der Waals surface area contributed by atoms with E-state index < -0.39 is 6.04 Å². The Labute approximate surface area is 256 Å². The highest BCUT2D eigenvalue weighted by Gasteiger charge is 2.29. The molecule has 4 aromatic rings. The first kappa shape index (κ1) is 30.6. The number of nitrogens with one attached hydrogen (secondary N) is 4. The Bertz CT molecular complexity index is 1580. The number of nitrogens with zero attached hydrogens (tertiary/aromatic N) is 3. The molecule has 0 bridgehead atoms. The van der Waals surface area contributed by atoms with Gasteiger partial charge in [0, 0.05) is 36.2 Å². The highest BCUT2D eigenvalue weighted by Crippen LogP contribution is 2.29. The van der Waals surface area contributed by atoms with E-state index in [2.05, 4.69) is 36.6 Å². The largest absolute Gasteiger partial charge is 0.355 e. The summed E-state index contributed by atoms with van der Waals surface area (Å²) in [4.78, 5) is 38.9. The van der Waals surface area contributed by atoms with Crippen molar-refractivity contribution < 1.29 is 14.4 Å². The maximum Gasteiger partial charge on any atom is 0.251 e. The smallest absolute Gasteiger partial charge is 0.251 e. The highest BCUT2D eigenvalue weighted by atomic mass is 16.2. The van der Waals surface area contributed by atoms with Gasteiger partial charge >= 0.3 is 0 Å². The fourth-order valence-corrected chi connectivity index (χ4v) is 5.70. The van der Waals surface area contributed by atoms with E-state index in [1.807, 2.05) is 43.3 Å². The number of carbonyl (C=O) groups excluding carboxylic acids is 3. The molecule has 1 aliphatic rings. The van der Waals surface area contributed by atoms with Crippen molar-refractivity contribution in [3.8, 4) is 22.5 Å². The normalized spacial score (nSPS) is 17.0. The van der Waals surface area contributed by atoms with Crippen LogP contribution in [0.2, 0.25) is 0 Å². The van der Waals surface area contributed by atoms with E-state index in [-0.39, 0.29) is 23.6 Å². The van der Waals surface area contributed by atoms with Crippen LogP contribution in [0.1, 0.15) is 47.2 Å². The van der Waals surface area contributed by atoms with Gasteiger partial charge in [-0.1, -0.05) is 30.3 Å². The van der Waals surface area contributed by atoms with E-state index in [1.165, 1.54) is 0 Å². The lowest BCUT2D eigenvalue weighted by Crippen LogP contribution is -2.48. The lowest BCUT2D eigenvalue weighted by Gasteiger charge is -2.28. The second kappa shape index (κ2) is 14.0. The molecule has 11 nitrogen and oxygen atoms in total. The summed E-state index contributed by atoms with van der Waals surface area (Å²) in [5.74, 6) is 0.249. The predicted octanol–water partition coefficient (Wildman–Crippen LogP) is 3.63. The average molecular weight is 595 g/mol. The summed E-state index contributed by atoms with van der Waals surface area (Å²) in [5.41, 5.74) is 11.7. The lowest BCUT2D eigenvalue weighted by atomic mass is 9.81. The number of anilines is 1. The SMILES string of the molecule is CNC(=O)c1ccc(-c2ccc(CC(NC(=O)C3CCC(CN)CC3)C(=O)Nc3ccc(-c4nn[nH]n4)cc3)cc2)c(C)c1. The van der Waals surface area contributed by atoms with Gasteiger partial charge in [0.05, 0.1) is 0 Å². The third-order valence-corrected chi connectivity index (χ3v) is 8.36. The topological polar surface area (TPSA) is 168 Å². The van der Waals surface area contributed by atoms with Crippen LogP contribution in [-0.4, -0.2) is 58.0 Å². The molecule has 1 saturated carbocycles. The number of benzene rings is 3. The zero-order valence-electron chi connectivity index (χ0n) is 25.0. The Morgan fingerprint density at radius 1 is 0.955 bits per heavy atom. The molecule has 0 saturated heterocycles. The van der Waals surface area contributed by atoms with Gasteiger partial charge in [-0.05, 0) is 109 Å². The molecule has 5 rings (SSSR count). The molecule has 0 aliphatic heterocycles. The highest BCUT2D eigenvalue weighted by molar-refractivity contribution is 5.98. The molecule has 6 N–H and O–H groups in total. The van der Waals surface area contributed by atoms with Crippen LogP contribution < -0.4 is 21.7 Å². The number of hydrogen-bond donors (Lipinski definition) is 5. The van der Waals surface area contributed by atoms with Crippen LogP contribution in [0.3, 0.4) is 0 Å². The van der Waals surface area contributed by atoms with Gasteiger partial charge < -0.3 is 21.7 Å². The molecule has 11 heteroatoms. The van der Waals surface area contributed by atoms with Gasteiger partial charge in [-0.15, -0.1) is 10.2 Å². The monoisotopic (exact) mass is 594 g/mol. The first-order valence-electron chi connectivity index (χ1n) is 14.9. The minimum atomic E-state index is -0.772. The second-order valence-electron chi connectivity index (χ2n) is 11.3. The lowest BCUT2D eigenvalue weighted by molar-refractivity contribution is -0.130. The van der Waals surface area contributed by atoms with Crippen LogP contribution in [-0.2, 0) is 16.0 Å². The summed E-state index contributed by atoms with van der Waals surface area (Å²) in [7, 11) is 1.61. The predicted molar refractivity (Wildman–Crippen MR) is 168 cm³/mol. The van der Waals surface area contributed by atoms with Gasteiger partial charge in [-0.3, -0.25) is 14.4 Å². The number of hydrogen-bond acceptors (Lipinski definition) is 7. The summed E-state index contributed by atoms with van der Waals surface area (Å²) in [6.45, 7) is 2.61. The maximum absolute atomic E-state index is 13.6.